The highest BCUT2D eigenvalue weighted by Gasteiger charge is 2.24. The number of methoxy groups -OCH3 is 2. The second-order valence-corrected chi connectivity index (χ2v) is 6.71. The second kappa shape index (κ2) is 14.7. The van der Waals surface area contributed by atoms with Gasteiger partial charge in [-0.05, 0) is 18.3 Å². The van der Waals surface area contributed by atoms with Crippen LogP contribution in [-0.2, 0) is 14.3 Å². The minimum absolute atomic E-state index is 0. The molecule has 0 spiro atoms. The molecule has 0 amide bonds. The molecule has 2 N–H and O–H groups in total. The van der Waals surface area contributed by atoms with E-state index >= 15 is 0 Å². The first-order chi connectivity index (χ1) is 10.8. The average molecular weight is 457 g/mol. The third-order valence-electron chi connectivity index (χ3n) is 3.76. The quantitative estimate of drug-likeness (QED) is 0.174. The van der Waals surface area contributed by atoms with Crippen LogP contribution >= 0.6 is 24.0 Å². The Labute approximate surface area is 164 Å². The molecule has 144 valence electrons. The SMILES string of the molecule is CN=C(NCCCCCCC(=O)OC)NCC(OC)C(C)(C)C.I. The van der Waals surface area contributed by atoms with Crippen LogP contribution in [-0.4, -0.2) is 52.4 Å². The third kappa shape index (κ3) is 12.8. The van der Waals surface area contributed by atoms with Gasteiger partial charge in [0.25, 0.3) is 0 Å². The van der Waals surface area contributed by atoms with Crippen LogP contribution < -0.4 is 10.6 Å². The van der Waals surface area contributed by atoms with Crippen LogP contribution in [0.1, 0.15) is 52.9 Å². The number of hydrogen-bond acceptors (Lipinski definition) is 4. The fourth-order valence-corrected chi connectivity index (χ4v) is 2.21. The van der Waals surface area contributed by atoms with Crippen LogP contribution in [0, 0.1) is 5.41 Å². The molecule has 0 aliphatic rings. The van der Waals surface area contributed by atoms with Crippen molar-refractivity contribution in [2.75, 3.05) is 34.4 Å². The van der Waals surface area contributed by atoms with Gasteiger partial charge in [-0.25, -0.2) is 0 Å². The van der Waals surface area contributed by atoms with Crippen molar-refractivity contribution < 1.29 is 14.3 Å². The van der Waals surface area contributed by atoms with E-state index in [1.807, 2.05) is 0 Å². The van der Waals surface area contributed by atoms with Gasteiger partial charge in [-0.2, -0.15) is 0 Å². The summed E-state index contributed by atoms with van der Waals surface area (Å²) in [4.78, 5) is 15.2. The van der Waals surface area contributed by atoms with Crippen LogP contribution in [0.15, 0.2) is 4.99 Å². The van der Waals surface area contributed by atoms with Gasteiger partial charge in [0.1, 0.15) is 0 Å². The first kappa shape index (κ1) is 25.7. The van der Waals surface area contributed by atoms with Crippen molar-refractivity contribution in [3.63, 3.8) is 0 Å². The zero-order valence-corrected chi connectivity index (χ0v) is 18.4. The molecular weight excluding hydrogens is 421 g/mol. The number of halogens is 1. The van der Waals surface area contributed by atoms with E-state index in [1.54, 1.807) is 14.2 Å². The van der Waals surface area contributed by atoms with Crippen LogP contribution in [0.5, 0.6) is 0 Å². The lowest BCUT2D eigenvalue weighted by atomic mass is 9.89. The highest BCUT2D eigenvalue weighted by Crippen LogP contribution is 2.20. The molecule has 1 unspecified atom stereocenters. The molecule has 7 heteroatoms. The monoisotopic (exact) mass is 457 g/mol. The van der Waals surface area contributed by atoms with Crippen molar-refractivity contribution in [2.45, 2.75) is 59.0 Å². The maximum absolute atomic E-state index is 11.0. The van der Waals surface area contributed by atoms with E-state index < -0.39 is 0 Å². The molecule has 24 heavy (non-hydrogen) atoms. The van der Waals surface area contributed by atoms with E-state index in [2.05, 4.69) is 41.1 Å². The molecule has 0 bridgehead atoms. The summed E-state index contributed by atoms with van der Waals surface area (Å²) in [6.07, 6.45) is 4.70. The number of hydrogen-bond donors (Lipinski definition) is 2. The van der Waals surface area contributed by atoms with Gasteiger partial charge in [-0.3, -0.25) is 9.79 Å². The first-order valence-corrected chi connectivity index (χ1v) is 8.39. The summed E-state index contributed by atoms with van der Waals surface area (Å²) in [5.41, 5.74) is 0.0836. The molecule has 0 rings (SSSR count). The summed E-state index contributed by atoms with van der Waals surface area (Å²) >= 11 is 0. The lowest BCUT2D eigenvalue weighted by molar-refractivity contribution is -0.140. The Bertz CT molecular complexity index is 357. The minimum Gasteiger partial charge on any atom is -0.469 e. The van der Waals surface area contributed by atoms with Crippen molar-refractivity contribution in [1.29, 1.82) is 0 Å². The van der Waals surface area contributed by atoms with Crippen LogP contribution in [0.4, 0.5) is 0 Å². The highest BCUT2D eigenvalue weighted by molar-refractivity contribution is 14.0. The fraction of sp³-hybridized carbons (Fsp3) is 0.882. The van der Waals surface area contributed by atoms with E-state index in [9.17, 15) is 4.79 Å². The first-order valence-electron chi connectivity index (χ1n) is 8.39. The van der Waals surface area contributed by atoms with Crippen molar-refractivity contribution >= 4 is 35.9 Å². The third-order valence-corrected chi connectivity index (χ3v) is 3.76. The van der Waals surface area contributed by atoms with Gasteiger partial charge in [0.05, 0.1) is 13.2 Å². The molecule has 6 nitrogen and oxygen atoms in total. The molecule has 0 aliphatic heterocycles. The molecule has 1 atom stereocenters. The predicted molar refractivity (Wildman–Crippen MR) is 110 cm³/mol. The van der Waals surface area contributed by atoms with E-state index in [0.29, 0.717) is 6.42 Å². The molecule has 0 aromatic carbocycles. The van der Waals surface area contributed by atoms with Gasteiger partial charge in [-0.15, -0.1) is 24.0 Å². The predicted octanol–water partition coefficient (Wildman–Crippen LogP) is 2.95. The average Bonchev–Trinajstić information content (AvgIpc) is 2.50. The molecule has 0 heterocycles. The van der Waals surface area contributed by atoms with Crippen LogP contribution in [0.25, 0.3) is 0 Å². The summed E-state index contributed by atoms with van der Waals surface area (Å²) in [7, 11) is 4.94. The van der Waals surface area contributed by atoms with E-state index in [1.165, 1.54) is 7.11 Å². The summed E-state index contributed by atoms with van der Waals surface area (Å²) < 4.78 is 10.1. The smallest absolute Gasteiger partial charge is 0.305 e. The summed E-state index contributed by atoms with van der Waals surface area (Å²) in [5.74, 6) is 0.671. The Kier molecular flexibility index (Phi) is 15.8. The molecular formula is C17H36IN3O3. The maximum Gasteiger partial charge on any atom is 0.305 e. The zero-order valence-electron chi connectivity index (χ0n) is 16.1. The Morgan fingerprint density at radius 3 is 2.21 bits per heavy atom. The zero-order chi connectivity index (χ0) is 17.7. The standard InChI is InChI=1S/C17H35N3O3.HI/c1-17(2,3)14(22-5)13-20-16(18-4)19-12-10-8-7-9-11-15(21)23-6;/h14H,7-13H2,1-6H3,(H2,18,19,20);1H. The second-order valence-electron chi connectivity index (χ2n) is 6.71. The highest BCUT2D eigenvalue weighted by atomic mass is 127. The number of guanidine groups is 1. The number of ether oxygens (including phenoxy) is 2. The molecule has 0 fully saturated rings. The Balaban J connectivity index is 0. The number of unbranched alkanes of at least 4 members (excludes halogenated alkanes) is 3. The molecule has 0 saturated carbocycles. The summed E-state index contributed by atoms with van der Waals surface area (Å²) in [6.45, 7) is 8.07. The summed E-state index contributed by atoms with van der Waals surface area (Å²) in [6, 6.07) is 0. The fourth-order valence-electron chi connectivity index (χ4n) is 2.21. The number of carbonyl (C=O) groups is 1. The lowest BCUT2D eigenvalue weighted by Gasteiger charge is -2.30. The van der Waals surface area contributed by atoms with Gasteiger partial charge in [0.15, 0.2) is 5.96 Å². The molecule has 0 aromatic rings. The van der Waals surface area contributed by atoms with Gasteiger partial charge in [0.2, 0.25) is 0 Å². The maximum atomic E-state index is 11.0. The lowest BCUT2D eigenvalue weighted by Crippen LogP contribution is -2.45. The van der Waals surface area contributed by atoms with Crippen LogP contribution in [0.2, 0.25) is 0 Å². The number of rotatable bonds is 10. The molecule has 0 aliphatic carbocycles. The number of carbonyl (C=O) groups excluding carboxylic acids is 1. The number of nitrogens with one attached hydrogen (secondary N) is 2. The Morgan fingerprint density at radius 1 is 1.08 bits per heavy atom. The van der Waals surface area contributed by atoms with Crippen molar-refractivity contribution in [3.8, 4) is 0 Å². The van der Waals surface area contributed by atoms with E-state index in [4.69, 9.17) is 4.74 Å². The topological polar surface area (TPSA) is 72.0 Å². The number of nitrogens with zero attached hydrogens (tertiary/aromatic N) is 1. The van der Waals surface area contributed by atoms with E-state index in [0.717, 1.165) is 44.7 Å². The minimum atomic E-state index is -0.126. The van der Waals surface area contributed by atoms with Gasteiger partial charge < -0.3 is 20.1 Å². The molecule has 0 saturated heterocycles. The number of aliphatic imine (C=N–C) groups is 1. The number of esters is 1. The molecule has 0 radical (unpaired) electrons. The van der Waals surface area contributed by atoms with Gasteiger partial charge >= 0.3 is 5.97 Å². The summed E-state index contributed by atoms with van der Waals surface area (Å²) in [5, 5.41) is 6.61. The largest absolute Gasteiger partial charge is 0.469 e. The van der Waals surface area contributed by atoms with E-state index in [-0.39, 0.29) is 41.5 Å². The van der Waals surface area contributed by atoms with Crippen molar-refractivity contribution in [2.24, 2.45) is 10.4 Å². The van der Waals surface area contributed by atoms with Gasteiger partial charge in [-0.1, -0.05) is 33.6 Å². The normalized spacial score (nSPS) is 13.0. The van der Waals surface area contributed by atoms with Crippen molar-refractivity contribution in [1.82, 2.24) is 10.6 Å². The Morgan fingerprint density at radius 2 is 1.71 bits per heavy atom. The Hall–Kier alpha value is -0.570. The molecule has 0 aromatic heterocycles. The van der Waals surface area contributed by atoms with Gasteiger partial charge in [0, 0.05) is 33.7 Å². The van der Waals surface area contributed by atoms with Crippen LogP contribution in [0.3, 0.4) is 0 Å². The van der Waals surface area contributed by atoms with Crippen molar-refractivity contribution in [3.05, 3.63) is 0 Å².